The predicted octanol–water partition coefficient (Wildman–Crippen LogP) is 4.68. The predicted molar refractivity (Wildman–Crippen MR) is 74.8 cm³/mol. The Bertz CT molecular complexity index is 693. The van der Waals surface area contributed by atoms with Gasteiger partial charge in [0.15, 0.2) is 11.7 Å². The van der Waals surface area contributed by atoms with Crippen LogP contribution in [0.4, 0.5) is 26.3 Å². The molecule has 3 unspecified atom stereocenters. The SMILES string of the molecule is COc1c(C2C(C)C(C)(C(F)(F)F)O[C@H]2C#N)cccc1C(F)(F)F. The largest absolute Gasteiger partial charge is 0.496 e. The van der Waals surface area contributed by atoms with Gasteiger partial charge < -0.3 is 9.47 Å². The average molecular weight is 367 g/mol. The maximum absolute atomic E-state index is 13.4. The number of benzene rings is 1. The van der Waals surface area contributed by atoms with Gasteiger partial charge in [0.2, 0.25) is 0 Å². The van der Waals surface area contributed by atoms with Crippen LogP contribution in [0.3, 0.4) is 0 Å². The summed E-state index contributed by atoms with van der Waals surface area (Å²) in [6.45, 7) is 2.00. The van der Waals surface area contributed by atoms with Gasteiger partial charge in [-0.25, -0.2) is 0 Å². The monoisotopic (exact) mass is 367 g/mol. The van der Waals surface area contributed by atoms with Gasteiger partial charge in [-0.3, -0.25) is 0 Å². The standard InChI is InChI=1S/C16H15F6NO2/c1-8-12(11(7-23)25-14(8,2)16(20,21)22)9-5-4-6-10(13(9)24-3)15(17,18)19/h4-6,8,11-12H,1-3H3/t8?,11-,12?,14?/m0/s1. The number of nitriles is 1. The van der Waals surface area contributed by atoms with E-state index in [-0.39, 0.29) is 5.56 Å². The Hall–Kier alpha value is -1.95. The number of hydrogen-bond acceptors (Lipinski definition) is 3. The highest BCUT2D eigenvalue weighted by Crippen LogP contribution is 2.55. The number of methoxy groups -OCH3 is 1. The Morgan fingerprint density at radius 2 is 1.80 bits per heavy atom. The molecule has 25 heavy (non-hydrogen) atoms. The lowest BCUT2D eigenvalue weighted by Gasteiger charge is -2.32. The van der Waals surface area contributed by atoms with E-state index in [0.717, 1.165) is 26.2 Å². The van der Waals surface area contributed by atoms with Crippen LogP contribution in [0.5, 0.6) is 5.75 Å². The first-order chi connectivity index (χ1) is 11.4. The second kappa shape index (κ2) is 6.09. The van der Waals surface area contributed by atoms with Crippen molar-refractivity contribution < 1.29 is 35.8 Å². The summed E-state index contributed by atoms with van der Waals surface area (Å²) in [4.78, 5) is 0. The van der Waals surface area contributed by atoms with Crippen molar-refractivity contribution in [3.63, 3.8) is 0 Å². The van der Waals surface area contributed by atoms with Crippen LogP contribution in [0, 0.1) is 17.2 Å². The van der Waals surface area contributed by atoms with Crippen LogP contribution in [-0.2, 0) is 10.9 Å². The molecule has 1 fully saturated rings. The topological polar surface area (TPSA) is 42.2 Å². The number of alkyl halides is 6. The summed E-state index contributed by atoms with van der Waals surface area (Å²) in [6.07, 6.45) is -11.1. The van der Waals surface area contributed by atoms with Crippen LogP contribution in [0.1, 0.15) is 30.9 Å². The summed E-state index contributed by atoms with van der Waals surface area (Å²) in [6, 6.07) is 4.69. The Labute approximate surface area is 140 Å². The third kappa shape index (κ3) is 3.03. The van der Waals surface area contributed by atoms with Gasteiger partial charge in [0.1, 0.15) is 5.75 Å². The van der Waals surface area contributed by atoms with Crippen molar-refractivity contribution in [1.29, 1.82) is 5.26 Å². The lowest BCUT2D eigenvalue weighted by Crippen LogP contribution is -2.46. The molecule has 0 amide bonds. The molecule has 1 heterocycles. The zero-order chi connectivity index (χ0) is 19.2. The first-order valence-corrected chi connectivity index (χ1v) is 7.26. The van der Waals surface area contributed by atoms with Crippen molar-refractivity contribution in [2.75, 3.05) is 7.11 Å². The number of hydrogen-bond donors (Lipinski definition) is 0. The van der Waals surface area contributed by atoms with Gasteiger partial charge in [0, 0.05) is 17.4 Å². The minimum absolute atomic E-state index is 0.135. The van der Waals surface area contributed by atoms with Gasteiger partial charge in [-0.2, -0.15) is 31.6 Å². The van der Waals surface area contributed by atoms with E-state index in [0.29, 0.717) is 0 Å². The first-order valence-electron chi connectivity index (χ1n) is 7.26. The molecular formula is C16H15F6NO2. The second-order valence-electron chi connectivity index (χ2n) is 6.01. The van der Waals surface area contributed by atoms with Gasteiger partial charge in [-0.05, 0) is 13.0 Å². The van der Waals surface area contributed by atoms with Crippen LogP contribution < -0.4 is 4.74 Å². The Balaban J connectivity index is 2.64. The van der Waals surface area contributed by atoms with Crippen molar-refractivity contribution in [1.82, 2.24) is 0 Å². The summed E-state index contributed by atoms with van der Waals surface area (Å²) in [5.41, 5.74) is -3.90. The van der Waals surface area contributed by atoms with Crippen LogP contribution in [0.2, 0.25) is 0 Å². The summed E-state index contributed by atoms with van der Waals surface area (Å²) < 4.78 is 89.5. The zero-order valence-electron chi connectivity index (χ0n) is 13.5. The van der Waals surface area contributed by atoms with E-state index < -0.39 is 47.2 Å². The molecule has 4 atom stereocenters. The Morgan fingerprint density at radius 3 is 2.24 bits per heavy atom. The molecule has 1 aliphatic heterocycles. The van der Waals surface area contributed by atoms with Gasteiger partial charge in [0.05, 0.1) is 18.7 Å². The molecule has 0 saturated carbocycles. The van der Waals surface area contributed by atoms with Crippen molar-refractivity contribution in [2.45, 2.75) is 43.8 Å². The maximum atomic E-state index is 13.4. The van der Waals surface area contributed by atoms with Gasteiger partial charge >= 0.3 is 12.4 Å². The molecule has 0 spiro atoms. The van der Waals surface area contributed by atoms with E-state index in [1.165, 1.54) is 13.0 Å². The molecule has 2 rings (SSSR count). The van der Waals surface area contributed by atoms with Crippen molar-refractivity contribution in [3.8, 4) is 11.8 Å². The van der Waals surface area contributed by atoms with E-state index in [1.807, 2.05) is 0 Å². The number of para-hydroxylation sites is 1. The molecule has 1 aromatic carbocycles. The van der Waals surface area contributed by atoms with E-state index >= 15 is 0 Å². The van der Waals surface area contributed by atoms with Gasteiger partial charge in [-0.15, -0.1) is 0 Å². The molecule has 138 valence electrons. The molecule has 0 aliphatic carbocycles. The van der Waals surface area contributed by atoms with Crippen LogP contribution >= 0.6 is 0 Å². The number of rotatable bonds is 2. The van der Waals surface area contributed by atoms with Crippen LogP contribution in [0.15, 0.2) is 18.2 Å². The minimum atomic E-state index is -4.79. The zero-order valence-corrected chi connectivity index (χ0v) is 13.5. The maximum Gasteiger partial charge on any atom is 0.419 e. The summed E-state index contributed by atoms with van der Waals surface area (Å²) in [5.74, 6) is -3.12. The molecule has 1 aliphatic rings. The molecule has 0 bridgehead atoms. The fraction of sp³-hybridized carbons (Fsp3) is 0.562. The summed E-state index contributed by atoms with van der Waals surface area (Å²) in [5, 5.41) is 9.20. The molecule has 3 nitrogen and oxygen atoms in total. The van der Waals surface area contributed by atoms with Crippen molar-refractivity contribution >= 4 is 0 Å². The fourth-order valence-electron chi connectivity index (χ4n) is 3.18. The van der Waals surface area contributed by atoms with E-state index in [4.69, 9.17) is 9.47 Å². The average Bonchev–Trinajstić information content (AvgIpc) is 2.77. The second-order valence-corrected chi connectivity index (χ2v) is 6.01. The smallest absolute Gasteiger partial charge is 0.419 e. The highest BCUT2D eigenvalue weighted by atomic mass is 19.4. The van der Waals surface area contributed by atoms with E-state index in [2.05, 4.69) is 0 Å². The quantitative estimate of drug-likeness (QED) is 0.713. The van der Waals surface area contributed by atoms with Crippen molar-refractivity contribution in [3.05, 3.63) is 29.3 Å². The van der Waals surface area contributed by atoms with Gasteiger partial charge in [0.25, 0.3) is 0 Å². The summed E-state index contributed by atoms with van der Waals surface area (Å²) in [7, 11) is 0.999. The number of nitrogens with zero attached hydrogens (tertiary/aromatic N) is 1. The Morgan fingerprint density at radius 1 is 1.20 bits per heavy atom. The molecule has 1 aromatic rings. The molecule has 0 radical (unpaired) electrons. The third-order valence-corrected chi connectivity index (χ3v) is 4.71. The number of ether oxygens (including phenoxy) is 2. The first kappa shape index (κ1) is 19.4. The highest BCUT2D eigenvalue weighted by molar-refractivity contribution is 5.47. The molecular weight excluding hydrogens is 352 g/mol. The van der Waals surface area contributed by atoms with E-state index in [9.17, 15) is 31.6 Å². The Kier molecular flexibility index (Phi) is 4.72. The molecule has 0 aromatic heterocycles. The highest BCUT2D eigenvalue weighted by Gasteiger charge is 2.64. The minimum Gasteiger partial charge on any atom is -0.496 e. The normalized spacial score (nSPS) is 30.2. The van der Waals surface area contributed by atoms with Crippen molar-refractivity contribution in [2.24, 2.45) is 5.92 Å². The lowest BCUT2D eigenvalue weighted by atomic mass is 9.77. The molecule has 1 saturated heterocycles. The molecule has 9 heteroatoms. The molecule has 0 N–H and O–H groups in total. The van der Waals surface area contributed by atoms with Gasteiger partial charge in [-0.1, -0.05) is 19.1 Å². The third-order valence-electron chi connectivity index (χ3n) is 4.71. The number of halogens is 6. The lowest BCUT2D eigenvalue weighted by molar-refractivity contribution is -0.270. The van der Waals surface area contributed by atoms with Crippen LogP contribution in [-0.4, -0.2) is 25.0 Å². The van der Waals surface area contributed by atoms with E-state index in [1.54, 1.807) is 6.07 Å². The fourth-order valence-corrected chi connectivity index (χ4v) is 3.18. The van der Waals surface area contributed by atoms with Crippen LogP contribution in [0.25, 0.3) is 0 Å². The summed E-state index contributed by atoms with van der Waals surface area (Å²) >= 11 is 0.